The Morgan fingerprint density at radius 3 is 2.62 bits per heavy atom. The fourth-order valence-electron chi connectivity index (χ4n) is 2.59. The van der Waals surface area contributed by atoms with Gasteiger partial charge in [-0.05, 0) is 42.7 Å². The van der Waals surface area contributed by atoms with Crippen LogP contribution < -0.4 is 14.8 Å². The van der Waals surface area contributed by atoms with Gasteiger partial charge in [-0.25, -0.2) is 9.37 Å². The standard InChI is InChI=1S/C21H15ClF4N2O3S/c1-30-18-7-11(23)3-4-16(18)31-17-10-14(21(24,25)26)15(22)9-13(17)20(29)28-12-5-6-27-19(8-12)32-2/h3-10H,1-2H3,(H,27,28,29)/i1D3. The van der Waals surface area contributed by atoms with Crippen molar-refractivity contribution in [3.8, 4) is 17.2 Å². The predicted molar refractivity (Wildman–Crippen MR) is 113 cm³/mol. The van der Waals surface area contributed by atoms with Crippen LogP contribution in [0.4, 0.5) is 23.2 Å². The lowest BCUT2D eigenvalue weighted by Gasteiger charge is -2.17. The van der Waals surface area contributed by atoms with Crippen LogP contribution in [-0.4, -0.2) is 24.2 Å². The summed E-state index contributed by atoms with van der Waals surface area (Å²) in [5.74, 6) is -3.45. The number of amides is 1. The molecule has 0 fully saturated rings. The van der Waals surface area contributed by atoms with Crippen molar-refractivity contribution in [3.63, 3.8) is 0 Å². The van der Waals surface area contributed by atoms with E-state index in [4.69, 9.17) is 25.2 Å². The second kappa shape index (κ2) is 9.66. The SMILES string of the molecule is [2H]C([2H])([2H])Oc1cc(F)ccc1Oc1cc(C(F)(F)F)c(Cl)cc1C(=O)Nc1ccnc(SC)c1. The number of hydrogen-bond donors (Lipinski definition) is 1. The first kappa shape index (κ1) is 19.7. The number of benzene rings is 2. The van der Waals surface area contributed by atoms with Gasteiger partial charge in [0.1, 0.15) is 11.6 Å². The van der Waals surface area contributed by atoms with Gasteiger partial charge in [0.2, 0.25) is 0 Å². The minimum atomic E-state index is -4.90. The largest absolute Gasteiger partial charge is 0.493 e. The average Bonchev–Trinajstić information content (AvgIpc) is 2.74. The van der Waals surface area contributed by atoms with Gasteiger partial charge < -0.3 is 14.8 Å². The highest BCUT2D eigenvalue weighted by molar-refractivity contribution is 7.98. The van der Waals surface area contributed by atoms with Crippen LogP contribution in [0.3, 0.4) is 0 Å². The number of hydrogen-bond acceptors (Lipinski definition) is 5. The fraction of sp³-hybridized carbons (Fsp3) is 0.143. The predicted octanol–water partition coefficient (Wildman–Crippen LogP) is 6.67. The van der Waals surface area contributed by atoms with Gasteiger partial charge >= 0.3 is 6.18 Å². The molecule has 168 valence electrons. The van der Waals surface area contributed by atoms with E-state index in [2.05, 4.69) is 10.3 Å². The summed E-state index contributed by atoms with van der Waals surface area (Å²) in [7, 11) is -3.01. The molecule has 0 aliphatic heterocycles. The van der Waals surface area contributed by atoms with Gasteiger partial charge in [0.05, 0.1) is 32.3 Å². The number of rotatable bonds is 6. The number of pyridine rings is 1. The molecule has 0 unspecified atom stereocenters. The number of halogens is 5. The lowest BCUT2D eigenvalue weighted by Crippen LogP contribution is -2.15. The van der Waals surface area contributed by atoms with Crippen LogP contribution in [0.25, 0.3) is 0 Å². The number of nitrogens with one attached hydrogen (secondary N) is 1. The highest BCUT2D eigenvalue weighted by Crippen LogP contribution is 2.41. The Labute approximate surface area is 193 Å². The molecule has 5 nitrogen and oxygen atoms in total. The zero-order chi connectivity index (χ0) is 26.0. The van der Waals surface area contributed by atoms with Crippen molar-refractivity contribution in [2.45, 2.75) is 11.2 Å². The van der Waals surface area contributed by atoms with E-state index in [9.17, 15) is 22.4 Å². The van der Waals surface area contributed by atoms with Crippen molar-refractivity contribution < 1.29 is 35.9 Å². The zero-order valence-electron chi connectivity index (χ0n) is 19.1. The maximum absolute atomic E-state index is 13.7. The van der Waals surface area contributed by atoms with Crippen LogP contribution in [0.1, 0.15) is 20.0 Å². The first-order valence-electron chi connectivity index (χ1n) is 10.2. The Morgan fingerprint density at radius 2 is 1.94 bits per heavy atom. The van der Waals surface area contributed by atoms with Crippen molar-refractivity contribution in [2.24, 2.45) is 0 Å². The van der Waals surface area contributed by atoms with Crippen LogP contribution >= 0.6 is 23.4 Å². The molecule has 3 rings (SSSR count). The fourth-order valence-corrected chi connectivity index (χ4v) is 3.28. The number of anilines is 1. The molecule has 0 atom stereocenters. The molecular formula is C21H15ClF4N2O3S. The second-order valence-corrected chi connectivity index (χ2v) is 7.40. The third-order valence-corrected chi connectivity index (χ3v) is 5.01. The van der Waals surface area contributed by atoms with Gasteiger partial charge in [-0.1, -0.05) is 11.6 Å². The zero-order valence-corrected chi connectivity index (χ0v) is 17.7. The van der Waals surface area contributed by atoms with Crippen LogP contribution in [0.2, 0.25) is 5.02 Å². The molecule has 0 saturated heterocycles. The van der Waals surface area contributed by atoms with Crippen molar-refractivity contribution in [1.29, 1.82) is 0 Å². The molecule has 1 aromatic heterocycles. The molecule has 3 aromatic rings. The summed E-state index contributed by atoms with van der Waals surface area (Å²) >= 11 is 7.11. The maximum atomic E-state index is 13.7. The number of aromatic nitrogens is 1. The first-order chi connectivity index (χ1) is 16.3. The van der Waals surface area contributed by atoms with Gasteiger partial charge in [0.25, 0.3) is 5.91 Å². The molecule has 1 N–H and O–H groups in total. The Hall–Kier alpha value is -2.98. The Bertz CT molecular complexity index is 1260. The summed E-state index contributed by atoms with van der Waals surface area (Å²) in [5.41, 5.74) is -1.42. The van der Waals surface area contributed by atoms with Crippen molar-refractivity contribution in [2.75, 3.05) is 18.6 Å². The molecule has 0 aliphatic carbocycles. The molecule has 2 aromatic carbocycles. The Morgan fingerprint density at radius 1 is 1.16 bits per heavy atom. The van der Waals surface area contributed by atoms with Crippen LogP contribution in [0.15, 0.2) is 53.7 Å². The summed E-state index contributed by atoms with van der Waals surface area (Å²) in [5, 5.41) is 2.31. The molecule has 0 saturated carbocycles. The van der Waals surface area contributed by atoms with Gasteiger partial charge in [-0.15, -0.1) is 11.8 Å². The highest BCUT2D eigenvalue weighted by Gasteiger charge is 2.35. The summed E-state index contributed by atoms with van der Waals surface area (Å²) in [4.78, 5) is 17.0. The van der Waals surface area contributed by atoms with E-state index in [-0.39, 0.29) is 0 Å². The third kappa shape index (κ3) is 5.43. The van der Waals surface area contributed by atoms with E-state index in [1.807, 2.05) is 0 Å². The topological polar surface area (TPSA) is 60.5 Å². The minimum absolute atomic E-state index is 0.296. The lowest BCUT2D eigenvalue weighted by atomic mass is 10.1. The Balaban J connectivity index is 2.08. The number of carbonyl (C=O) groups is 1. The number of ether oxygens (including phenoxy) is 2. The van der Waals surface area contributed by atoms with Gasteiger partial charge in [0, 0.05) is 18.0 Å². The molecule has 0 radical (unpaired) electrons. The lowest BCUT2D eigenvalue weighted by molar-refractivity contribution is -0.137. The normalized spacial score (nSPS) is 13.0. The van der Waals surface area contributed by atoms with Gasteiger partial charge in [-0.3, -0.25) is 4.79 Å². The van der Waals surface area contributed by atoms with Gasteiger partial charge in [0.15, 0.2) is 11.5 Å². The van der Waals surface area contributed by atoms with E-state index in [1.165, 1.54) is 30.1 Å². The summed E-state index contributed by atoms with van der Waals surface area (Å²) < 4.78 is 86.0. The third-order valence-electron chi connectivity index (χ3n) is 4.06. The molecule has 1 heterocycles. The van der Waals surface area contributed by atoms with Gasteiger partial charge in [-0.2, -0.15) is 13.2 Å². The van der Waals surface area contributed by atoms with Crippen molar-refractivity contribution >= 4 is 35.0 Å². The average molecular weight is 490 g/mol. The van der Waals surface area contributed by atoms with Crippen molar-refractivity contribution in [1.82, 2.24) is 4.98 Å². The van der Waals surface area contributed by atoms with E-state index in [1.54, 1.807) is 6.26 Å². The van der Waals surface area contributed by atoms with Crippen molar-refractivity contribution in [3.05, 3.63) is 70.6 Å². The van der Waals surface area contributed by atoms with E-state index in [0.717, 1.165) is 18.2 Å². The molecule has 0 spiro atoms. The molecule has 1 amide bonds. The van der Waals surface area contributed by atoms with Crippen LogP contribution in [0, 0.1) is 5.82 Å². The van der Waals surface area contributed by atoms with E-state index >= 15 is 0 Å². The minimum Gasteiger partial charge on any atom is -0.493 e. The first-order valence-corrected chi connectivity index (χ1v) is 10.3. The maximum Gasteiger partial charge on any atom is 0.417 e. The molecule has 32 heavy (non-hydrogen) atoms. The second-order valence-electron chi connectivity index (χ2n) is 6.16. The number of alkyl halides is 3. The summed E-state index contributed by atoms with van der Waals surface area (Å²) in [6.45, 7) is 0. The monoisotopic (exact) mass is 489 g/mol. The molecule has 11 heteroatoms. The Kier molecular flexibility index (Phi) is 5.94. The number of methoxy groups -OCH3 is 1. The van der Waals surface area contributed by atoms with Crippen LogP contribution in [-0.2, 0) is 6.18 Å². The van der Waals surface area contributed by atoms with E-state index < -0.39 is 58.3 Å². The number of carbonyl (C=O) groups excluding carboxylic acids is 1. The quantitative estimate of drug-likeness (QED) is 0.309. The van der Waals surface area contributed by atoms with Crippen LogP contribution in [0.5, 0.6) is 17.2 Å². The smallest absolute Gasteiger partial charge is 0.417 e. The molecular weight excluding hydrogens is 472 g/mol. The summed E-state index contributed by atoms with van der Waals surface area (Å²) in [6.07, 6.45) is -1.71. The molecule has 0 aliphatic rings. The van der Waals surface area contributed by atoms with E-state index in [0.29, 0.717) is 22.8 Å². The number of nitrogens with zero attached hydrogens (tertiary/aromatic N) is 1. The summed E-state index contributed by atoms with van der Waals surface area (Å²) in [6, 6.07) is 6.77. The molecule has 0 bridgehead atoms. The number of thioether (sulfide) groups is 1. The highest BCUT2D eigenvalue weighted by atomic mass is 35.5.